The molecule has 19 heavy (non-hydrogen) atoms. The minimum atomic E-state index is 0.0943. The molecule has 1 fully saturated rings. The summed E-state index contributed by atoms with van der Waals surface area (Å²) in [7, 11) is 0. The first-order valence-electron chi connectivity index (χ1n) is 6.61. The molecule has 5 heteroatoms. The average Bonchev–Trinajstić information content (AvgIpc) is 2.57. The van der Waals surface area contributed by atoms with E-state index in [1.54, 1.807) is 18.3 Å². The molecule has 1 saturated heterocycles. The van der Waals surface area contributed by atoms with Gasteiger partial charge >= 0.3 is 0 Å². The van der Waals surface area contributed by atoms with Gasteiger partial charge in [0.15, 0.2) is 0 Å². The van der Waals surface area contributed by atoms with Crippen LogP contribution in [0.5, 0.6) is 0 Å². The van der Waals surface area contributed by atoms with Crippen molar-refractivity contribution >= 4 is 23.2 Å². The third kappa shape index (κ3) is 3.15. The van der Waals surface area contributed by atoms with Gasteiger partial charge in [0.2, 0.25) is 5.91 Å². The number of aryl methyl sites for hydroxylation is 2. The molecular formula is C14H20N2O2S. The average molecular weight is 280 g/mol. The minimum absolute atomic E-state index is 0.0943. The van der Waals surface area contributed by atoms with E-state index in [0.717, 1.165) is 30.0 Å². The quantitative estimate of drug-likeness (QED) is 0.790. The largest absolute Gasteiger partial charge is 0.341 e. The van der Waals surface area contributed by atoms with Crippen molar-refractivity contribution in [1.29, 1.82) is 0 Å². The number of carbonyl (C=O) groups excluding carboxylic acids is 2. The van der Waals surface area contributed by atoms with Crippen molar-refractivity contribution in [2.75, 3.05) is 26.2 Å². The molecule has 2 amide bonds. The van der Waals surface area contributed by atoms with Crippen LogP contribution in [0, 0.1) is 13.8 Å². The molecule has 0 spiro atoms. The molecule has 2 rings (SSSR count). The van der Waals surface area contributed by atoms with E-state index < -0.39 is 0 Å². The molecule has 0 atom stereocenters. The Hall–Kier alpha value is -1.36. The van der Waals surface area contributed by atoms with E-state index in [4.69, 9.17) is 0 Å². The summed E-state index contributed by atoms with van der Waals surface area (Å²) in [6.07, 6.45) is 0.855. The van der Waals surface area contributed by atoms with Crippen LogP contribution >= 0.6 is 11.3 Å². The van der Waals surface area contributed by atoms with E-state index in [-0.39, 0.29) is 11.8 Å². The number of rotatable bonds is 1. The SMILES string of the molecule is CC(=O)N1CCCN(C(=O)c2cc(C)sc2C)CC1. The summed E-state index contributed by atoms with van der Waals surface area (Å²) >= 11 is 1.66. The predicted molar refractivity (Wildman–Crippen MR) is 76.6 cm³/mol. The van der Waals surface area contributed by atoms with E-state index in [9.17, 15) is 9.59 Å². The lowest BCUT2D eigenvalue weighted by atomic mass is 10.2. The van der Waals surface area contributed by atoms with Crippen molar-refractivity contribution in [3.8, 4) is 0 Å². The molecule has 0 N–H and O–H groups in total. The Balaban J connectivity index is 2.08. The first kappa shape index (κ1) is 14.1. The highest BCUT2D eigenvalue weighted by atomic mass is 32.1. The molecule has 0 saturated carbocycles. The Kier molecular flexibility index (Phi) is 4.24. The van der Waals surface area contributed by atoms with Crippen LogP contribution < -0.4 is 0 Å². The van der Waals surface area contributed by atoms with Crippen molar-refractivity contribution < 1.29 is 9.59 Å². The topological polar surface area (TPSA) is 40.6 Å². The summed E-state index contributed by atoms with van der Waals surface area (Å²) in [6, 6.07) is 1.97. The molecule has 2 heterocycles. The number of carbonyl (C=O) groups is 2. The molecule has 1 aliphatic heterocycles. The highest BCUT2D eigenvalue weighted by molar-refractivity contribution is 7.12. The maximum Gasteiger partial charge on any atom is 0.255 e. The van der Waals surface area contributed by atoms with Crippen LogP contribution in [0.4, 0.5) is 0 Å². The lowest BCUT2D eigenvalue weighted by Gasteiger charge is -2.21. The molecule has 0 radical (unpaired) electrons. The number of nitrogens with zero attached hydrogens (tertiary/aromatic N) is 2. The zero-order valence-electron chi connectivity index (χ0n) is 11.7. The fraction of sp³-hybridized carbons (Fsp3) is 0.571. The predicted octanol–water partition coefficient (Wildman–Crippen LogP) is 2.06. The van der Waals surface area contributed by atoms with Gasteiger partial charge in [0.25, 0.3) is 5.91 Å². The van der Waals surface area contributed by atoms with Gasteiger partial charge in [0.05, 0.1) is 5.56 Å². The number of hydrogen-bond acceptors (Lipinski definition) is 3. The van der Waals surface area contributed by atoms with Crippen LogP contribution in [0.15, 0.2) is 6.07 Å². The molecule has 1 aromatic rings. The second kappa shape index (κ2) is 5.74. The van der Waals surface area contributed by atoms with Gasteiger partial charge in [-0.3, -0.25) is 9.59 Å². The first-order chi connectivity index (χ1) is 8.99. The molecular weight excluding hydrogens is 260 g/mol. The highest BCUT2D eigenvalue weighted by Gasteiger charge is 2.23. The summed E-state index contributed by atoms with van der Waals surface area (Å²) in [4.78, 5) is 29.8. The fourth-order valence-corrected chi connectivity index (χ4v) is 3.36. The Bertz CT molecular complexity index is 496. The monoisotopic (exact) mass is 280 g/mol. The van der Waals surface area contributed by atoms with Crippen molar-refractivity contribution in [2.24, 2.45) is 0 Å². The molecule has 0 aromatic carbocycles. The van der Waals surface area contributed by atoms with Crippen LogP contribution in [0.25, 0.3) is 0 Å². The molecule has 4 nitrogen and oxygen atoms in total. The zero-order chi connectivity index (χ0) is 14.0. The molecule has 1 aliphatic rings. The van der Waals surface area contributed by atoms with Crippen molar-refractivity contribution in [3.05, 3.63) is 21.4 Å². The molecule has 104 valence electrons. The summed E-state index contributed by atoms with van der Waals surface area (Å²) in [5.74, 6) is 0.198. The molecule has 0 unspecified atom stereocenters. The molecule has 1 aromatic heterocycles. The third-order valence-electron chi connectivity index (χ3n) is 3.50. The maximum atomic E-state index is 12.5. The van der Waals surface area contributed by atoms with Gasteiger partial charge in [-0.15, -0.1) is 11.3 Å². The molecule has 0 bridgehead atoms. The zero-order valence-corrected chi connectivity index (χ0v) is 12.5. The summed E-state index contributed by atoms with van der Waals surface area (Å²) in [5, 5.41) is 0. The standard InChI is InChI=1S/C14H20N2O2S/c1-10-9-13(11(2)19-10)14(18)16-6-4-5-15(7-8-16)12(3)17/h9H,4-8H2,1-3H3. The Morgan fingerprint density at radius 3 is 2.32 bits per heavy atom. The summed E-state index contributed by atoms with van der Waals surface area (Å²) in [5.41, 5.74) is 0.818. The van der Waals surface area contributed by atoms with Crippen LogP contribution in [-0.2, 0) is 4.79 Å². The van der Waals surface area contributed by atoms with E-state index >= 15 is 0 Å². The first-order valence-corrected chi connectivity index (χ1v) is 7.42. The van der Waals surface area contributed by atoms with Crippen molar-refractivity contribution in [3.63, 3.8) is 0 Å². The summed E-state index contributed by atoms with van der Waals surface area (Å²) in [6.45, 7) is 8.36. The number of thiophene rings is 1. The van der Waals surface area contributed by atoms with E-state index in [0.29, 0.717) is 13.1 Å². The Labute approximate surface area is 118 Å². The minimum Gasteiger partial charge on any atom is -0.341 e. The normalized spacial score (nSPS) is 16.4. The van der Waals surface area contributed by atoms with Gasteiger partial charge in [-0.1, -0.05) is 0 Å². The van der Waals surface area contributed by atoms with Gasteiger partial charge in [0, 0.05) is 42.9 Å². The lowest BCUT2D eigenvalue weighted by molar-refractivity contribution is -0.128. The third-order valence-corrected chi connectivity index (χ3v) is 4.47. The van der Waals surface area contributed by atoms with Gasteiger partial charge in [-0.2, -0.15) is 0 Å². The second-order valence-electron chi connectivity index (χ2n) is 4.98. The van der Waals surface area contributed by atoms with Gasteiger partial charge in [0.1, 0.15) is 0 Å². The van der Waals surface area contributed by atoms with Crippen molar-refractivity contribution in [2.45, 2.75) is 27.2 Å². The van der Waals surface area contributed by atoms with Gasteiger partial charge in [-0.25, -0.2) is 0 Å². The fourth-order valence-electron chi connectivity index (χ4n) is 2.45. The maximum absolute atomic E-state index is 12.5. The van der Waals surface area contributed by atoms with E-state index in [1.165, 1.54) is 4.88 Å². The Morgan fingerprint density at radius 2 is 1.74 bits per heavy atom. The summed E-state index contributed by atoms with van der Waals surface area (Å²) < 4.78 is 0. The second-order valence-corrected chi connectivity index (χ2v) is 6.44. The lowest BCUT2D eigenvalue weighted by Crippen LogP contribution is -2.36. The highest BCUT2D eigenvalue weighted by Crippen LogP contribution is 2.22. The molecule has 0 aliphatic carbocycles. The van der Waals surface area contributed by atoms with Crippen LogP contribution in [0.3, 0.4) is 0 Å². The van der Waals surface area contributed by atoms with Crippen LogP contribution in [0.1, 0.15) is 33.5 Å². The Morgan fingerprint density at radius 1 is 1.11 bits per heavy atom. The van der Waals surface area contributed by atoms with Gasteiger partial charge in [-0.05, 0) is 26.3 Å². The van der Waals surface area contributed by atoms with E-state index in [2.05, 4.69) is 0 Å². The number of hydrogen-bond donors (Lipinski definition) is 0. The van der Waals surface area contributed by atoms with Crippen LogP contribution in [-0.4, -0.2) is 47.8 Å². The van der Waals surface area contributed by atoms with Crippen molar-refractivity contribution in [1.82, 2.24) is 9.80 Å². The van der Waals surface area contributed by atoms with Crippen LogP contribution in [0.2, 0.25) is 0 Å². The smallest absolute Gasteiger partial charge is 0.255 e. The number of amides is 2. The van der Waals surface area contributed by atoms with Gasteiger partial charge < -0.3 is 9.80 Å². The van der Waals surface area contributed by atoms with E-state index in [1.807, 2.05) is 29.7 Å².